The number of unbranched alkanes of at least 4 members (excludes halogenated alkanes) is 3. The first-order valence-corrected chi connectivity index (χ1v) is 21.4. The minimum atomic E-state index is -1.08. The predicted octanol–water partition coefficient (Wildman–Crippen LogP) is 2.97. The third-order valence-corrected chi connectivity index (χ3v) is 10.2. The minimum absolute atomic E-state index is 0.0000967. The predicted molar refractivity (Wildman–Crippen MR) is 229 cm³/mol. The zero-order valence-corrected chi connectivity index (χ0v) is 37.7. The van der Waals surface area contributed by atoms with Gasteiger partial charge in [0.2, 0.25) is 23.6 Å². The number of carbonyl (C=O) groups is 10. The Morgan fingerprint density at radius 1 is 0.730 bits per heavy atom. The van der Waals surface area contributed by atoms with Crippen LogP contribution in [0, 0.1) is 17.8 Å². The van der Waals surface area contributed by atoms with E-state index in [1.54, 1.807) is 52.0 Å². The molecular weight excluding hydrogens is 821 g/mol. The van der Waals surface area contributed by atoms with Crippen LogP contribution in [-0.2, 0) is 54.5 Å². The van der Waals surface area contributed by atoms with E-state index in [0.29, 0.717) is 42.0 Å². The van der Waals surface area contributed by atoms with Crippen molar-refractivity contribution in [3.05, 3.63) is 29.8 Å². The average molecular weight is 887 g/mol. The molecule has 4 atom stereocenters. The standard InChI is InChI=1S/C43H66N8O12/c1-25(2)36(28(7)52)49-41(59)38(27(5)6)50(8)43(61)62-24-29-17-19-30(20-18-29)46-39(57)31(14-13-23-45-42(44)60)47-40(58)37(26(3)4)48-32(53)15-11-9-10-12-16-35(56)63-51-33(54)21-22-34(51)55/h17-20,25-27,31,36-38H,9-16,21-24H2,1-8H3,(H,46,57)(H,47,58)(H,48,53)(H,49,59)(H3,44,45,60)/t31-,36-,37-,38-/m0/s1. The number of hydrogen-bond donors (Lipinski definition) is 6. The number of ether oxygens (including phenoxy) is 1. The molecule has 1 heterocycles. The third-order valence-electron chi connectivity index (χ3n) is 10.2. The van der Waals surface area contributed by atoms with E-state index in [2.05, 4.69) is 26.6 Å². The number of Topliss-reactive ketones (excluding diaryl/α,β-unsaturated/α-hetero) is 1. The molecule has 350 valence electrons. The smallest absolute Gasteiger partial charge is 0.410 e. The van der Waals surface area contributed by atoms with E-state index in [1.807, 2.05) is 13.8 Å². The summed E-state index contributed by atoms with van der Waals surface area (Å²) in [5.41, 5.74) is 6.12. The zero-order chi connectivity index (χ0) is 47.4. The lowest BCUT2D eigenvalue weighted by Crippen LogP contribution is -2.55. The number of hydroxylamine groups is 2. The highest BCUT2D eigenvalue weighted by Crippen LogP contribution is 2.17. The number of imide groups is 1. The molecule has 2 rings (SSSR count). The molecule has 0 aromatic heterocycles. The van der Waals surface area contributed by atoms with Gasteiger partial charge in [-0.3, -0.25) is 38.5 Å². The fraction of sp³-hybridized carbons (Fsp3) is 0.628. The fourth-order valence-corrected chi connectivity index (χ4v) is 6.72. The van der Waals surface area contributed by atoms with Crippen LogP contribution >= 0.6 is 0 Å². The van der Waals surface area contributed by atoms with Gasteiger partial charge >= 0.3 is 18.1 Å². The van der Waals surface area contributed by atoms with Gasteiger partial charge in [-0.15, -0.1) is 5.06 Å². The summed E-state index contributed by atoms with van der Waals surface area (Å²) >= 11 is 0. The molecule has 63 heavy (non-hydrogen) atoms. The zero-order valence-electron chi connectivity index (χ0n) is 37.7. The highest BCUT2D eigenvalue weighted by atomic mass is 16.7. The topological polar surface area (TPSA) is 282 Å². The third kappa shape index (κ3) is 18.4. The maximum atomic E-state index is 13.6. The van der Waals surface area contributed by atoms with Gasteiger partial charge in [0, 0.05) is 45.0 Å². The number of benzene rings is 1. The number of nitrogens with two attached hydrogens (primary N) is 1. The second kappa shape index (κ2) is 26.4. The van der Waals surface area contributed by atoms with Crippen molar-refractivity contribution in [2.45, 2.75) is 143 Å². The molecule has 7 N–H and O–H groups in total. The summed E-state index contributed by atoms with van der Waals surface area (Å²) in [7, 11) is 1.45. The Morgan fingerprint density at radius 3 is 1.86 bits per heavy atom. The number of primary amides is 1. The monoisotopic (exact) mass is 886 g/mol. The van der Waals surface area contributed by atoms with Gasteiger partial charge in [-0.25, -0.2) is 14.4 Å². The molecule has 20 nitrogen and oxygen atoms in total. The molecule has 0 bridgehead atoms. The summed E-state index contributed by atoms with van der Waals surface area (Å²) in [6.45, 7) is 12.1. The lowest BCUT2D eigenvalue weighted by atomic mass is 9.97. The number of nitrogens with one attached hydrogen (secondary N) is 5. The van der Waals surface area contributed by atoms with Gasteiger partial charge in [0.1, 0.15) is 24.7 Å². The number of rotatable bonds is 26. The van der Waals surface area contributed by atoms with Crippen molar-refractivity contribution >= 4 is 65.0 Å². The van der Waals surface area contributed by atoms with Crippen LogP contribution in [0.3, 0.4) is 0 Å². The highest BCUT2D eigenvalue weighted by Gasteiger charge is 2.35. The number of carbonyl (C=O) groups excluding carboxylic acids is 10. The number of amides is 9. The number of likely N-dealkylation sites (N-methyl/N-ethyl adjacent to an activating group) is 1. The normalized spacial score (nSPS) is 14.4. The summed E-state index contributed by atoms with van der Waals surface area (Å²) in [6, 6.07) is 2.01. The van der Waals surface area contributed by atoms with Crippen molar-refractivity contribution < 1.29 is 57.5 Å². The maximum Gasteiger partial charge on any atom is 0.410 e. The van der Waals surface area contributed by atoms with Crippen LogP contribution in [-0.4, -0.2) is 107 Å². The fourth-order valence-electron chi connectivity index (χ4n) is 6.72. The maximum absolute atomic E-state index is 13.6. The van der Waals surface area contributed by atoms with Crippen molar-refractivity contribution in [3.8, 4) is 0 Å². The second-order valence-corrected chi connectivity index (χ2v) is 16.6. The van der Waals surface area contributed by atoms with Crippen LogP contribution in [0.25, 0.3) is 0 Å². The molecule has 0 radical (unpaired) electrons. The summed E-state index contributed by atoms with van der Waals surface area (Å²) in [6.07, 6.45) is 1.81. The molecule has 1 aromatic rings. The van der Waals surface area contributed by atoms with Crippen LogP contribution in [0.4, 0.5) is 15.3 Å². The molecular formula is C43H66N8O12. The minimum Gasteiger partial charge on any atom is -0.445 e. The first-order valence-electron chi connectivity index (χ1n) is 21.4. The molecule has 0 aliphatic carbocycles. The number of hydrogen-bond acceptors (Lipinski definition) is 12. The Morgan fingerprint density at radius 2 is 1.32 bits per heavy atom. The van der Waals surface area contributed by atoms with Crippen LogP contribution in [0.5, 0.6) is 0 Å². The van der Waals surface area contributed by atoms with Gasteiger partial charge < -0.3 is 41.9 Å². The Kier molecular flexibility index (Phi) is 22.2. The van der Waals surface area contributed by atoms with Crippen molar-refractivity contribution in [2.24, 2.45) is 23.5 Å². The molecule has 1 fully saturated rings. The molecule has 1 aromatic carbocycles. The van der Waals surface area contributed by atoms with E-state index in [9.17, 15) is 47.9 Å². The summed E-state index contributed by atoms with van der Waals surface area (Å²) in [5.74, 6) is -4.78. The van der Waals surface area contributed by atoms with Gasteiger partial charge in [0.05, 0.1) is 6.04 Å². The number of ketones is 1. The summed E-state index contributed by atoms with van der Waals surface area (Å²) in [4.78, 5) is 131. The molecule has 1 aliphatic heterocycles. The van der Waals surface area contributed by atoms with Gasteiger partial charge in [-0.1, -0.05) is 66.5 Å². The summed E-state index contributed by atoms with van der Waals surface area (Å²) < 4.78 is 5.49. The molecule has 0 spiro atoms. The Bertz CT molecular complexity index is 1770. The lowest BCUT2D eigenvalue weighted by molar-refractivity contribution is -0.197. The molecule has 0 saturated carbocycles. The largest absolute Gasteiger partial charge is 0.445 e. The Hall–Kier alpha value is -6.08. The quantitative estimate of drug-likeness (QED) is 0.0579. The SMILES string of the molecule is CC(=O)[C@@H](NC(=O)[C@H](C(C)C)N(C)C(=O)OCc1ccc(NC(=O)[C@H](CCCNC(N)=O)NC(=O)[C@@H](NC(=O)CCCCCCC(=O)ON2C(=O)CCC2=O)C(C)C)cc1)C(C)C. The van der Waals surface area contributed by atoms with Gasteiger partial charge in [0.15, 0.2) is 5.78 Å². The van der Waals surface area contributed by atoms with Gasteiger partial charge in [0.25, 0.3) is 11.8 Å². The van der Waals surface area contributed by atoms with E-state index in [0.717, 1.165) is 0 Å². The molecule has 0 unspecified atom stereocenters. The first kappa shape index (κ1) is 53.1. The molecule has 1 aliphatic rings. The number of nitrogens with zero attached hydrogens (tertiary/aromatic N) is 2. The van der Waals surface area contributed by atoms with Crippen LogP contribution in [0.2, 0.25) is 0 Å². The Labute approximate surface area is 368 Å². The van der Waals surface area contributed by atoms with Crippen molar-refractivity contribution in [1.29, 1.82) is 0 Å². The van der Waals surface area contributed by atoms with Crippen LogP contribution in [0.1, 0.15) is 118 Å². The molecule has 1 saturated heterocycles. The Balaban J connectivity index is 1.96. The van der Waals surface area contributed by atoms with E-state index in [1.165, 1.54) is 18.9 Å². The van der Waals surface area contributed by atoms with Crippen molar-refractivity contribution in [2.75, 3.05) is 18.9 Å². The van der Waals surface area contributed by atoms with Crippen LogP contribution in [0.15, 0.2) is 24.3 Å². The number of anilines is 1. The summed E-state index contributed by atoms with van der Waals surface area (Å²) in [5, 5.41) is 13.9. The van der Waals surface area contributed by atoms with Gasteiger partial charge in [-0.05, 0) is 68.1 Å². The van der Waals surface area contributed by atoms with Crippen LogP contribution < -0.4 is 32.3 Å². The van der Waals surface area contributed by atoms with E-state index < -0.39 is 71.8 Å². The number of urea groups is 1. The molecule has 20 heteroatoms. The van der Waals surface area contributed by atoms with Crippen molar-refractivity contribution in [1.82, 2.24) is 31.2 Å². The first-order chi connectivity index (χ1) is 29.6. The van der Waals surface area contributed by atoms with E-state index in [-0.39, 0.29) is 81.1 Å². The second-order valence-electron chi connectivity index (χ2n) is 16.6. The van der Waals surface area contributed by atoms with E-state index in [4.69, 9.17) is 15.3 Å². The molecule has 9 amide bonds. The van der Waals surface area contributed by atoms with E-state index >= 15 is 0 Å². The van der Waals surface area contributed by atoms with Crippen molar-refractivity contribution in [3.63, 3.8) is 0 Å². The average Bonchev–Trinajstić information content (AvgIpc) is 3.52. The lowest BCUT2D eigenvalue weighted by Gasteiger charge is -2.31. The highest BCUT2D eigenvalue weighted by molar-refractivity contribution is 6.01. The van der Waals surface area contributed by atoms with Gasteiger partial charge in [-0.2, -0.15) is 0 Å².